The van der Waals surface area contributed by atoms with E-state index < -0.39 is 0 Å². The molecule has 0 aromatic rings. The Morgan fingerprint density at radius 1 is 1.33 bits per heavy atom. The van der Waals surface area contributed by atoms with Gasteiger partial charge in [0, 0.05) is 5.54 Å². The second-order valence-corrected chi connectivity index (χ2v) is 3.33. The number of hydrogen-bond donors (Lipinski definition) is 2. The predicted molar refractivity (Wildman–Crippen MR) is 35.0 cm³/mol. The Hall–Kier alpha value is -0.0800. The first-order valence-electron chi connectivity index (χ1n) is 3.77. The van der Waals surface area contributed by atoms with Gasteiger partial charge in [-0.1, -0.05) is 0 Å². The largest absolute Gasteiger partial charge is 0.379 e. The van der Waals surface area contributed by atoms with E-state index in [4.69, 9.17) is 5.11 Å². The van der Waals surface area contributed by atoms with Crippen LogP contribution in [0.1, 0.15) is 32.1 Å². The quantitative estimate of drug-likeness (QED) is 0.499. The Balaban J connectivity index is 1.99. The van der Waals surface area contributed by atoms with E-state index in [0.717, 1.165) is 6.42 Å². The molecule has 0 amide bonds. The highest BCUT2D eigenvalue weighted by Gasteiger charge is 2.42. The minimum atomic E-state index is -0.203. The fourth-order valence-corrected chi connectivity index (χ4v) is 1.91. The minimum Gasteiger partial charge on any atom is -0.379 e. The molecule has 1 aliphatic heterocycles. The number of hydrogen-bond acceptors (Lipinski definition) is 2. The third-order valence-corrected chi connectivity index (χ3v) is 2.68. The number of nitrogens with one attached hydrogen (secondary N) is 1. The van der Waals surface area contributed by atoms with Crippen molar-refractivity contribution in [2.24, 2.45) is 0 Å². The van der Waals surface area contributed by atoms with Gasteiger partial charge in [0.2, 0.25) is 0 Å². The topological polar surface area (TPSA) is 32.3 Å². The Morgan fingerprint density at radius 3 is 2.33 bits per heavy atom. The fourth-order valence-electron chi connectivity index (χ4n) is 1.91. The summed E-state index contributed by atoms with van der Waals surface area (Å²) in [6.07, 6.45) is 5.85. The van der Waals surface area contributed by atoms with Crippen LogP contribution in [0.3, 0.4) is 0 Å². The van der Waals surface area contributed by atoms with Crippen LogP contribution in [-0.2, 0) is 0 Å². The van der Waals surface area contributed by atoms with E-state index in [1.165, 1.54) is 25.7 Å². The number of rotatable bonds is 0. The van der Waals surface area contributed by atoms with Crippen molar-refractivity contribution in [1.82, 2.24) is 5.32 Å². The molecular weight excluding hydrogens is 114 g/mol. The third kappa shape index (κ3) is 0.775. The summed E-state index contributed by atoms with van der Waals surface area (Å²) in [5.74, 6) is 0. The van der Waals surface area contributed by atoms with Gasteiger partial charge in [-0.15, -0.1) is 0 Å². The first-order valence-corrected chi connectivity index (χ1v) is 3.77. The lowest BCUT2D eigenvalue weighted by molar-refractivity contribution is 0.114. The van der Waals surface area contributed by atoms with Gasteiger partial charge in [-0.25, -0.2) is 0 Å². The summed E-state index contributed by atoms with van der Waals surface area (Å²) in [4.78, 5) is 0. The van der Waals surface area contributed by atoms with E-state index in [9.17, 15) is 0 Å². The second-order valence-electron chi connectivity index (χ2n) is 3.33. The summed E-state index contributed by atoms with van der Waals surface area (Å²) in [5, 5.41) is 12.3. The van der Waals surface area contributed by atoms with Crippen molar-refractivity contribution in [3.05, 3.63) is 0 Å². The zero-order valence-corrected chi connectivity index (χ0v) is 5.56. The van der Waals surface area contributed by atoms with Gasteiger partial charge in [0.05, 0.1) is 0 Å². The molecule has 2 N–H and O–H groups in total. The number of aliphatic hydroxyl groups excluding tert-OH is 1. The molecule has 9 heavy (non-hydrogen) atoms. The molecule has 2 aliphatic rings. The Morgan fingerprint density at radius 2 is 2.11 bits per heavy atom. The molecule has 1 heterocycles. The lowest BCUT2D eigenvalue weighted by Gasteiger charge is -2.38. The minimum absolute atomic E-state index is 0.203. The maximum atomic E-state index is 9.12. The van der Waals surface area contributed by atoms with Gasteiger partial charge in [0.1, 0.15) is 6.23 Å². The molecule has 0 radical (unpaired) electrons. The lowest BCUT2D eigenvalue weighted by atomic mass is 9.76. The van der Waals surface area contributed by atoms with E-state index in [2.05, 4.69) is 5.32 Å². The molecule has 52 valence electrons. The number of aliphatic hydroxyl groups is 1. The average molecular weight is 127 g/mol. The lowest BCUT2D eigenvalue weighted by Crippen LogP contribution is -2.48. The third-order valence-electron chi connectivity index (χ3n) is 2.68. The van der Waals surface area contributed by atoms with Crippen molar-refractivity contribution in [3.8, 4) is 0 Å². The molecular formula is C7H13NO. The standard InChI is InChI=1S/C7H13NO/c9-6-2-5-7(8-6)3-1-4-7/h6,8-9H,1-5H2. The van der Waals surface area contributed by atoms with Crippen LogP contribution >= 0.6 is 0 Å². The predicted octanol–water partition coefficient (Wildman–Crippen LogP) is 0.611. The maximum Gasteiger partial charge on any atom is 0.105 e. The molecule has 1 aliphatic carbocycles. The molecule has 2 heteroatoms. The zero-order valence-electron chi connectivity index (χ0n) is 5.56. The van der Waals surface area contributed by atoms with Gasteiger partial charge in [-0.05, 0) is 32.1 Å². The zero-order chi connectivity index (χ0) is 6.32. The van der Waals surface area contributed by atoms with Crippen LogP contribution in [0.25, 0.3) is 0 Å². The molecule has 1 saturated carbocycles. The Kier molecular flexibility index (Phi) is 1.08. The summed E-state index contributed by atoms with van der Waals surface area (Å²) in [7, 11) is 0. The van der Waals surface area contributed by atoms with Crippen molar-refractivity contribution in [2.45, 2.75) is 43.9 Å². The summed E-state index contributed by atoms with van der Waals surface area (Å²) < 4.78 is 0. The molecule has 1 spiro atoms. The smallest absolute Gasteiger partial charge is 0.105 e. The average Bonchev–Trinajstić information content (AvgIpc) is 2.09. The van der Waals surface area contributed by atoms with E-state index in [0.29, 0.717) is 5.54 Å². The second kappa shape index (κ2) is 1.70. The SMILES string of the molecule is OC1CCC2(CCC2)N1. The molecule has 0 aromatic carbocycles. The van der Waals surface area contributed by atoms with Crippen LogP contribution in [0.2, 0.25) is 0 Å². The van der Waals surface area contributed by atoms with Crippen LogP contribution < -0.4 is 5.32 Å². The molecule has 0 bridgehead atoms. The molecule has 2 nitrogen and oxygen atoms in total. The van der Waals surface area contributed by atoms with Gasteiger partial charge in [0.15, 0.2) is 0 Å². The van der Waals surface area contributed by atoms with Gasteiger partial charge in [-0.3, -0.25) is 5.32 Å². The van der Waals surface area contributed by atoms with Crippen molar-refractivity contribution in [1.29, 1.82) is 0 Å². The van der Waals surface area contributed by atoms with Gasteiger partial charge in [-0.2, -0.15) is 0 Å². The van der Waals surface area contributed by atoms with Crippen molar-refractivity contribution < 1.29 is 5.11 Å². The highest BCUT2D eigenvalue weighted by molar-refractivity contribution is 5.00. The Labute approximate surface area is 55.3 Å². The van der Waals surface area contributed by atoms with Crippen molar-refractivity contribution >= 4 is 0 Å². The van der Waals surface area contributed by atoms with E-state index >= 15 is 0 Å². The molecule has 0 aromatic heterocycles. The molecule has 1 atom stereocenters. The van der Waals surface area contributed by atoms with E-state index in [1.807, 2.05) is 0 Å². The molecule has 1 saturated heterocycles. The van der Waals surface area contributed by atoms with E-state index in [-0.39, 0.29) is 6.23 Å². The van der Waals surface area contributed by atoms with E-state index in [1.54, 1.807) is 0 Å². The monoisotopic (exact) mass is 127 g/mol. The van der Waals surface area contributed by atoms with Crippen LogP contribution in [-0.4, -0.2) is 16.9 Å². The van der Waals surface area contributed by atoms with Crippen LogP contribution in [0.4, 0.5) is 0 Å². The highest BCUT2D eigenvalue weighted by atomic mass is 16.3. The highest BCUT2D eigenvalue weighted by Crippen LogP contribution is 2.39. The van der Waals surface area contributed by atoms with Crippen molar-refractivity contribution in [2.75, 3.05) is 0 Å². The van der Waals surface area contributed by atoms with Crippen molar-refractivity contribution in [3.63, 3.8) is 0 Å². The fraction of sp³-hybridized carbons (Fsp3) is 1.00. The summed E-state index contributed by atoms with van der Waals surface area (Å²) in [6.45, 7) is 0. The first-order chi connectivity index (χ1) is 4.31. The summed E-state index contributed by atoms with van der Waals surface area (Å²) in [5.41, 5.74) is 0.388. The first kappa shape index (κ1) is 5.69. The van der Waals surface area contributed by atoms with Gasteiger partial charge >= 0.3 is 0 Å². The van der Waals surface area contributed by atoms with Gasteiger partial charge < -0.3 is 5.11 Å². The molecule has 2 fully saturated rings. The van der Waals surface area contributed by atoms with Crippen LogP contribution in [0.5, 0.6) is 0 Å². The summed E-state index contributed by atoms with van der Waals surface area (Å²) in [6, 6.07) is 0. The Bertz CT molecular complexity index is 120. The molecule has 1 unspecified atom stereocenters. The normalized spacial score (nSPS) is 39.0. The summed E-state index contributed by atoms with van der Waals surface area (Å²) >= 11 is 0. The van der Waals surface area contributed by atoms with Crippen LogP contribution in [0.15, 0.2) is 0 Å². The van der Waals surface area contributed by atoms with Crippen LogP contribution in [0, 0.1) is 0 Å². The molecule has 2 rings (SSSR count). The van der Waals surface area contributed by atoms with Gasteiger partial charge in [0.25, 0.3) is 0 Å². The maximum absolute atomic E-state index is 9.12.